The third kappa shape index (κ3) is 2.17. The monoisotopic (exact) mass is 248 g/mol. The van der Waals surface area contributed by atoms with Crippen molar-refractivity contribution >= 4 is 11.6 Å². The fourth-order valence-corrected chi connectivity index (χ4v) is 2.87. The second-order valence-corrected chi connectivity index (χ2v) is 5.85. The van der Waals surface area contributed by atoms with E-state index in [1.165, 1.54) is 5.56 Å². The first-order valence-electron chi connectivity index (χ1n) is 6.08. The number of fused-ring (bicyclic) bond motifs is 1. The van der Waals surface area contributed by atoms with Crippen molar-refractivity contribution in [2.24, 2.45) is 5.41 Å². The van der Waals surface area contributed by atoms with Gasteiger partial charge in [-0.3, -0.25) is 0 Å². The zero-order valence-corrected chi connectivity index (χ0v) is 11.4. The van der Waals surface area contributed by atoms with Crippen molar-refractivity contribution in [3.05, 3.63) is 27.5 Å². The number of aryl methyl sites for hydroxylation is 1. The molecule has 1 aromatic rings. The highest BCUT2D eigenvalue weighted by atomic mass is 35.5. The molecule has 0 saturated heterocycles. The maximum Gasteiger partial charge on any atom is 0.147 e. The highest BCUT2D eigenvalue weighted by Crippen LogP contribution is 2.38. The van der Waals surface area contributed by atoms with Gasteiger partial charge in [-0.15, -0.1) is 0 Å². The molecule has 1 aromatic heterocycles. The van der Waals surface area contributed by atoms with Crippen molar-refractivity contribution in [3.8, 4) is 6.07 Å². The van der Waals surface area contributed by atoms with Crippen LogP contribution in [0, 0.1) is 16.7 Å². The van der Waals surface area contributed by atoms with Gasteiger partial charge in [0.05, 0.1) is 5.56 Å². The number of aromatic nitrogens is 1. The normalized spacial score (nSPS) is 17.4. The van der Waals surface area contributed by atoms with E-state index in [2.05, 4.69) is 31.8 Å². The van der Waals surface area contributed by atoms with Gasteiger partial charge in [0.15, 0.2) is 0 Å². The summed E-state index contributed by atoms with van der Waals surface area (Å²) >= 11 is 6.08. The molecule has 1 aliphatic rings. The molecule has 2 rings (SSSR count). The van der Waals surface area contributed by atoms with E-state index in [1.807, 2.05) is 0 Å². The average Bonchev–Trinajstić information content (AvgIpc) is 2.27. The number of nitriles is 1. The molecule has 17 heavy (non-hydrogen) atoms. The summed E-state index contributed by atoms with van der Waals surface area (Å²) in [4.78, 5) is 4.38. The molecule has 0 amide bonds. The van der Waals surface area contributed by atoms with Crippen LogP contribution < -0.4 is 0 Å². The Labute approximate surface area is 108 Å². The van der Waals surface area contributed by atoms with Gasteiger partial charge < -0.3 is 0 Å². The van der Waals surface area contributed by atoms with Gasteiger partial charge in [-0.1, -0.05) is 32.4 Å². The fraction of sp³-hybridized carbons (Fsp3) is 0.571. The molecule has 0 fully saturated rings. The minimum Gasteiger partial charge on any atom is -0.239 e. The maximum absolute atomic E-state index is 9.19. The van der Waals surface area contributed by atoms with Crippen molar-refractivity contribution in [2.75, 3.05) is 0 Å². The molecular weight excluding hydrogens is 232 g/mol. The molecule has 0 atom stereocenters. The Balaban J connectivity index is 2.64. The zero-order valence-electron chi connectivity index (χ0n) is 10.6. The molecular formula is C14H17ClN2. The van der Waals surface area contributed by atoms with Crippen LogP contribution in [0.5, 0.6) is 0 Å². The highest BCUT2D eigenvalue weighted by molar-refractivity contribution is 6.30. The molecule has 0 saturated carbocycles. The second kappa shape index (κ2) is 4.31. The van der Waals surface area contributed by atoms with E-state index in [-0.39, 0.29) is 0 Å². The van der Waals surface area contributed by atoms with Crippen LogP contribution in [0.4, 0.5) is 0 Å². The van der Waals surface area contributed by atoms with Crippen molar-refractivity contribution in [2.45, 2.75) is 46.5 Å². The third-order valence-corrected chi connectivity index (χ3v) is 3.88. The number of hydrogen-bond acceptors (Lipinski definition) is 2. The summed E-state index contributed by atoms with van der Waals surface area (Å²) < 4.78 is 0. The summed E-state index contributed by atoms with van der Waals surface area (Å²) in [7, 11) is 0. The van der Waals surface area contributed by atoms with Crippen LogP contribution in [0.15, 0.2) is 0 Å². The van der Waals surface area contributed by atoms with Gasteiger partial charge in [-0.2, -0.15) is 5.26 Å². The SMILES string of the molecule is CCc1nc(Cl)c(C#N)c2c1CC(C)(C)CC2. The van der Waals surface area contributed by atoms with Crippen LogP contribution in [0.25, 0.3) is 0 Å². The smallest absolute Gasteiger partial charge is 0.147 e. The van der Waals surface area contributed by atoms with Gasteiger partial charge in [0.2, 0.25) is 0 Å². The summed E-state index contributed by atoms with van der Waals surface area (Å²) in [6.07, 6.45) is 3.94. The van der Waals surface area contributed by atoms with Crippen LogP contribution in [-0.2, 0) is 19.3 Å². The lowest BCUT2D eigenvalue weighted by atomic mass is 9.73. The Morgan fingerprint density at radius 2 is 2.12 bits per heavy atom. The van der Waals surface area contributed by atoms with Gasteiger partial charge >= 0.3 is 0 Å². The lowest BCUT2D eigenvalue weighted by molar-refractivity contribution is 0.313. The van der Waals surface area contributed by atoms with E-state index < -0.39 is 0 Å². The number of pyridine rings is 1. The minimum absolute atomic E-state index is 0.305. The van der Waals surface area contributed by atoms with E-state index in [9.17, 15) is 5.26 Å². The van der Waals surface area contributed by atoms with Gasteiger partial charge in [0.1, 0.15) is 11.2 Å². The highest BCUT2D eigenvalue weighted by Gasteiger charge is 2.30. The van der Waals surface area contributed by atoms with Crippen LogP contribution in [0.3, 0.4) is 0 Å². The van der Waals surface area contributed by atoms with Crippen molar-refractivity contribution in [3.63, 3.8) is 0 Å². The molecule has 0 radical (unpaired) electrons. The fourth-order valence-electron chi connectivity index (χ4n) is 2.61. The summed E-state index contributed by atoms with van der Waals surface area (Å²) in [6, 6.07) is 2.21. The van der Waals surface area contributed by atoms with Gasteiger partial charge in [0.25, 0.3) is 0 Å². The molecule has 0 bridgehead atoms. The van der Waals surface area contributed by atoms with E-state index in [4.69, 9.17) is 11.6 Å². The Kier molecular flexibility index (Phi) is 3.14. The molecule has 3 heteroatoms. The molecule has 90 valence electrons. The Bertz CT molecular complexity index is 498. The van der Waals surface area contributed by atoms with E-state index in [0.717, 1.165) is 36.9 Å². The van der Waals surface area contributed by atoms with Gasteiger partial charge in [0, 0.05) is 5.69 Å². The molecule has 1 heterocycles. The topological polar surface area (TPSA) is 36.7 Å². The quantitative estimate of drug-likeness (QED) is 0.711. The summed E-state index contributed by atoms with van der Waals surface area (Å²) in [6.45, 7) is 6.64. The predicted molar refractivity (Wildman–Crippen MR) is 69.1 cm³/mol. The van der Waals surface area contributed by atoms with E-state index >= 15 is 0 Å². The molecule has 0 unspecified atom stereocenters. The van der Waals surface area contributed by atoms with E-state index in [0.29, 0.717) is 16.1 Å². The Morgan fingerprint density at radius 3 is 2.71 bits per heavy atom. The number of rotatable bonds is 1. The van der Waals surface area contributed by atoms with Crippen molar-refractivity contribution in [1.82, 2.24) is 4.98 Å². The lowest BCUT2D eigenvalue weighted by Gasteiger charge is -2.33. The predicted octanol–water partition coefficient (Wildman–Crippen LogP) is 3.68. The van der Waals surface area contributed by atoms with E-state index in [1.54, 1.807) is 0 Å². The Morgan fingerprint density at radius 1 is 1.41 bits per heavy atom. The number of nitrogens with zero attached hydrogens (tertiary/aromatic N) is 2. The van der Waals surface area contributed by atoms with Crippen LogP contribution >= 0.6 is 11.6 Å². The van der Waals surface area contributed by atoms with Crippen molar-refractivity contribution < 1.29 is 0 Å². The van der Waals surface area contributed by atoms with Crippen molar-refractivity contribution in [1.29, 1.82) is 5.26 Å². The minimum atomic E-state index is 0.305. The third-order valence-electron chi connectivity index (χ3n) is 3.61. The summed E-state index contributed by atoms with van der Waals surface area (Å²) in [5, 5.41) is 9.57. The maximum atomic E-state index is 9.19. The largest absolute Gasteiger partial charge is 0.239 e. The molecule has 0 N–H and O–H groups in total. The Hall–Kier alpha value is -1.07. The first-order valence-corrected chi connectivity index (χ1v) is 6.46. The second-order valence-electron chi connectivity index (χ2n) is 5.49. The number of halogens is 1. The molecule has 1 aliphatic carbocycles. The zero-order chi connectivity index (χ0) is 12.6. The first-order chi connectivity index (χ1) is 7.98. The standard InChI is InChI=1S/C14H17ClN2/c1-4-12-10-7-14(2,3)6-5-9(10)11(8-16)13(15)17-12/h4-7H2,1-3H3. The van der Waals surface area contributed by atoms with Gasteiger partial charge in [-0.25, -0.2) is 4.98 Å². The average molecular weight is 249 g/mol. The number of hydrogen-bond donors (Lipinski definition) is 0. The molecule has 2 nitrogen and oxygen atoms in total. The molecule has 0 spiro atoms. The summed E-state index contributed by atoms with van der Waals surface area (Å²) in [5.74, 6) is 0. The van der Waals surface area contributed by atoms with Gasteiger partial charge in [-0.05, 0) is 42.2 Å². The molecule has 0 aromatic carbocycles. The molecule has 0 aliphatic heterocycles. The lowest BCUT2D eigenvalue weighted by Crippen LogP contribution is -2.25. The summed E-state index contributed by atoms with van der Waals surface area (Å²) in [5.41, 5.74) is 4.37. The van der Waals surface area contributed by atoms with Crippen LogP contribution in [0.1, 0.15) is 49.6 Å². The van der Waals surface area contributed by atoms with Crippen LogP contribution in [-0.4, -0.2) is 4.98 Å². The first kappa shape index (κ1) is 12.4. The van der Waals surface area contributed by atoms with Crippen LogP contribution in [0.2, 0.25) is 5.15 Å².